The number of nitrogens with zero attached hydrogens (tertiary/aromatic N) is 2. The number of methoxy groups -OCH3 is 1. The fourth-order valence-electron chi connectivity index (χ4n) is 3.71. The summed E-state index contributed by atoms with van der Waals surface area (Å²) in [5.74, 6) is 1.58. The molecule has 28 heavy (non-hydrogen) atoms. The summed E-state index contributed by atoms with van der Waals surface area (Å²) in [7, 11) is 1.65. The molecule has 0 fully saturated rings. The minimum atomic E-state index is 0.112. The third-order valence-electron chi connectivity index (χ3n) is 5.21. The zero-order valence-corrected chi connectivity index (χ0v) is 16.3. The topological polar surface area (TPSA) is 64.1 Å². The van der Waals surface area contributed by atoms with E-state index in [2.05, 4.69) is 15.3 Å². The molecule has 1 aliphatic carbocycles. The van der Waals surface area contributed by atoms with E-state index in [1.807, 2.05) is 62.4 Å². The minimum absolute atomic E-state index is 0.112. The molecule has 1 aromatic heterocycles. The zero-order chi connectivity index (χ0) is 19.7. The number of ether oxygens (including phenoxy) is 1. The number of aryl methyl sites for hydroxylation is 2. The number of aromatic nitrogens is 2. The first kappa shape index (κ1) is 18.2. The lowest BCUT2D eigenvalue weighted by Gasteiger charge is -2.24. The molecule has 1 heterocycles. The van der Waals surface area contributed by atoms with Gasteiger partial charge in [-0.1, -0.05) is 29.8 Å². The summed E-state index contributed by atoms with van der Waals surface area (Å²) in [6.45, 7) is 3.93. The van der Waals surface area contributed by atoms with E-state index < -0.39 is 0 Å². The van der Waals surface area contributed by atoms with Crippen molar-refractivity contribution in [2.45, 2.75) is 32.6 Å². The van der Waals surface area contributed by atoms with Crippen molar-refractivity contribution >= 4 is 17.4 Å². The molecule has 0 spiro atoms. The molecule has 0 saturated carbocycles. The van der Waals surface area contributed by atoms with Gasteiger partial charge in [0.15, 0.2) is 5.78 Å². The SMILES string of the molecule is COc1ccc([C@@H]2CC(=O)c3c(C)nc(Nc4ccc(C)cc4)nc3C2)cc1. The number of anilines is 2. The van der Waals surface area contributed by atoms with E-state index in [1.54, 1.807) is 7.11 Å². The van der Waals surface area contributed by atoms with E-state index in [4.69, 9.17) is 4.74 Å². The Balaban J connectivity index is 1.63. The van der Waals surface area contributed by atoms with Crippen molar-refractivity contribution < 1.29 is 9.53 Å². The van der Waals surface area contributed by atoms with Crippen LogP contribution in [0, 0.1) is 13.8 Å². The summed E-state index contributed by atoms with van der Waals surface area (Å²) in [5.41, 5.74) is 5.49. The lowest BCUT2D eigenvalue weighted by Crippen LogP contribution is -2.22. The van der Waals surface area contributed by atoms with E-state index in [-0.39, 0.29) is 11.7 Å². The van der Waals surface area contributed by atoms with Crippen LogP contribution in [0.15, 0.2) is 48.5 Å². The Morgan fingerprint density at radius 3 is 2.36 bits per heavy atom. The molecule has 0 amide bonds. The highest BCUT2D eigenvalue weighted by Gasteiger charge is 2.30. The van der Waals surface area contributed by atoms with Gasteiger partial charge in [0, 0.05) is 12.1 Å². The fraction of sp³-hybridized carbons (Fsp3) is 0.261. The Morgan fingerprint density at radius 1 is 0.964 bits per heavy atom. The summed E-state index contributed by atoms with van der Waals surface area (Å²) >= 11 is 0. The molecule has 2 aromatic carbocycles. The Hall–Kier alpha value is -3.21. The van der Waals surface area contributed by atoms with Gasteiger partial charge in [-0.25, -0.2) is 9.97 Å². The molecule has 0 saturated heterocycles. The Labute approximate surface area is 164 Å². The second-order valence-corrected chi connectivity index (χ2v) is 7.25. The number of Topliss-reactive ketones (excluding diaryl/α,β-unsaturated/α-hetero) is 1. The van der Waals surface area contributed by atoms with Crippen LogP contribution in [0.3, 0.4) is 0 Å². The molecule has 4 rings (SSSR count). The van der Waals surface area contributed by atoms with Crippen LogP contribution in [-0.2, 0) is 6.42 Å². The number of ketones is 1. The lowest BCUT2D eigenvalue weighted by molar-refractivity contribution is 0.0962. The van der Waals surface area contributed by atoms with Crippen LogP contribution in [0.25, 0.3) is 0 Å². The minimum Gasteiger partial charge on any atom is -0.497 e. The van der Waals surface area contributed by atoms with E-state index >= 15 is 0 Å². The monoisotopic (exact) mass is 373 g/mol. The van der Waals surface area contributed by atoms with Gasteiger partial charge in [-0.05, 0) is 56.0 Å². The predicted octanol–water partition coefficient (Wildman–Crippen LogP) is 4.76. The average molecular weight is 373 g/mol. The maximum Gasteiger partial charge on any atom is 0.227 e. The molecule has 142 valence electrons. The number of carbonyl (C=O) groups is 1. The van der Waals surface area contributed by atoms with E-state index in [9.17, 15) is 4.79 Å². The molecule has 0 aliphatic heterocycles. The first-order valence-corrected chi connectivity index (χ1v) is 9.42. The maximum absolute atomic E-state index is 12.8. The van der Waals surface area contributed by atoms with Crippen LogP contribution in [0.1, 0.15) is 45.2 Å². The number of hydrogen-bond donors (Lipinski definition) is 1. The molecule has 5 nitrogen and oxygen atoms in total. The largest absolute Gasteiger partial charge is 0.497 e. The molecule has 3 aromatic rings. The summed E-state index contributed by atoms with van der Waals surface area (Å²) in [4.78, 5) is 22.0. The van der Waals surface area contributed by atoms with Gasteiger partial charge in [0.25, 0.3) is 0 Å². The van der Waals surface area contributed by atoms with Crippen LogP contribution < -0.4 is 10.1 Å². The summed E-state index contributed by atoms with van der Waals surface area (Å²) in [6, 6.07) is 16.0. The number of benzene rings is 2. The fourth-order valence-corrected chi connectivity index (χ4v) is 3.71. The first-order chi connectivity index (χ1) is 13.5. The quantitative estimate of drug-likeness (QED) is 0.714. The summed E-state index contributed by atoms with van der Waals surface area (Å²) in [6.07, 6.45) is 1.20. The van der Waals surface area contributed by atoms with Crippen molar-refractivity contribution in [1.82, 2.24) is 9.97 Å². The van der Waals surface area contributed by atoms with Crippen molar-refractivity contribution in [3.63, 3.8) is 0 Å². The first-order valence-electron chi connectivity index (χ1n) is 9.42. The molecule has 5 heteroatoms. The van der Waals surface area contributed by atoms with Crippen LogP contribution in [0.4, 0.5) is 11.6 Å². The second kappa shape index (κ2) is 7.43. The van der Waals surface area contributed by atoms with Crippen molar-refractivity contribution in [2.75, 3.05) is 12.4 Å². The van der Waals surface area contributed by atoms with Crippen LogP contribution in [-0.4, -0.2) is 22.9 Å². The number of carbonyl (C=O) groups excluding carboxylic acids is 1. The Bertz CT molecular complexity index is 1010. The van der Waals surface area contributed by atoms with Crippen molar-refractivity contribution in [1.29, 1.82) is 0 Å². The number of rotatable bonds is 4. The molecular formula is C23H23N3O2. The van der Waals surface area contributed by atoms with E-state index in [0.717, 1.165) is 34.8 Å². The van der Waals surface area contributed by atoms with Gasteiger partial charge >= 0.3 is 0 Å². The third kappa shape index (κ3) is 3.60. The smallest absolute Gasteiger partial charge is 0.227 e. The van der Waals surface area contributed by atoms with Gasteiger partial charge in [-0.3, -0.25) is 4.79 Å². The van der Waals surface area contributed by atoms with Crippen molar-refractivity contribution in [2.24, 2.45) is 0 Å². The average Bonchev–Trinajstić information content (AvgIpc) is 2.69. The van der Waals surface area contributed by atoms with Crippen LogP contribution in [0.5, 0.6) is 5.75 Å². The second-order valence-electron chi connectivity index (χ2n) is 7.25. The maximum atomic E-state index is 12.8. The van der Waals surface area contributed by atoms with Gasteiger partial charge in [-0.2, -0.15) is 0 Å². The van der Waals surface area contributed by atoms with Gasteiger partial charge < -0.3 is 10.1 Å². The standard InChI is InChI=1S/C23H23N3O2/c1-14-4-8-18(9-5-14)25-23-24-15(2)22-20(26-23)12-17(13-21(22)27)16-6-10-19(28-3)11-7-16/h4-11,17H,12-13H2,1-3H3,(H,24,25,26)/t17-/m0/s1. The molecule has 1 atom stereocenters. The van der Waals surface area contributed by atoms with Crippen LogP contribution >= 0.6 is 0 Å². The van der Waals surface area contributed by atoms with Crippen LogP contribution in [0.2, 0.25) is 0 Å². The van der Waals surface area contributed by atoms with E-state index in [0.29, 0.717) is 17.9 Å². The number of nitrogens with one attached hydrogen (secondary N) is 1. The highest BCUT2D eigenvalue weighted by atomic mass is 16.5. The normalized spacial score (nSPS) is 15.8. The van der Waals surface area contributed by atoms with Gasteiger partial charge in [0.05, 0.1) is 24.1 Å². The highest BCUT2D eigenvalue weighted by Crippen LogP contribution is 2.34. The Morgan fingerprint density at radius 2 is 1.68 bits per heavy atom. The molecule has 0 unspecified atom stereocenters. The predicted molar refractivity (Wildman–Crippen MR) is 110 cm³/mol. The number of fused-ring (bicyclic) bond motifs is 1. The zero-order valence-electron chi connectivity index (χ0n) is 16.3. The third-order valence-corrected chi connectivity index (χ3v) is 5.21. The van der Waals surface area contributed by atoms with Gasteiger partial charge in [0.2, 0.25) is 5.95 Å². The lowest BCUT2D eigenvalue weighted by atomic mass is 9.81. The Kier molecular flexibility index (Phi) is 4.82. The van der Waals surface area contributed by atoms with Crippen molar-refractivity contribution in [3.8, 4) is 5.75 Å². The molecule has 0 bridgehead atoms. The molecule has 0 radical (unpaired) electrons. The van der Waals surface area contributed by atoms with Crippen molar-refractivity contribution in [3.05, 3.63) is 76.6 Å². The van der Waals surface area contributed by atoms with E-state index in [1.165, 1.54) is 5.56 Å². The number of hydrogen-bond acceptors (Lipinski definition) is 5. The molecular weight excluding hydrogens is 350 g/mol. The highest BCUT2D eigenvalue weighted by molar-refractivity contribution is 5.99. The summed E-state index contributed by atoms with van der Waals surface area (Å²) < 4.78 is 5.23. The van der Waals surface area contributed by atoms with Gasteiger partial charge in [0.1, 0.15) is 5.75 Å². The molecule has 1 N–H and O–H groups in total. The van der Waals surface area contributed by atoms with Gasteiger partial charge in [-0.15, -0.1) is 0 Å². The summed E-state index contributed by atoms with van der Waals surface area (Å²) in [5, 5.41) is 3.26. The molecule has 1 aliphatic rings.